The van der Waals surface area contributed by atoms with Gasteiger partial charge in [0.05, 0.1) is 10.5 Å². The summed E-state index contributed by atoms with van der Waals surface area (Å²) >= 11 is 8.84. The Bertz CT molecular complexity index is 730. The largest absolute Gasteiger partial charge is 0.364 e. The highest BCUT2D eigenvalue weighted by molar-refractivity contribution is 9.10. The summed E-state index contributed by atoms with van der Waals surface area (Å²) in [4.78, 5) is 38.7. The third-order valence-electron chi connectivity index (χ3n) is 4.36. The van der Waals surface area contributed by atoms with Crippen LogP contribution in [0.3, 0.4) is 0 Å². The maximum atomic E-state index is 12.5. The molecule has 1 unspecified atom stereocenters. The van der Waals surface area contributed by atoms with E-state index in [-0.39, 0.29) is 40.7 Å². The topological polar surface area (TPSA) is 95.8 Å². The number of nitrogens with zero attached hydrogens (tertiary/aromatic N) is 3. The maximum absolute atomic E-state index is 12.5. The van der Waals surface area contributed by atoms with E-state index in [1.165, 1.54) is 6.07 Å². The number of carbonyl (C=O) groups is 2. The lowest BCUT2D eigenvalue weighted by molar-refractivity contribution is -0.384. The van der Waals surface area contributed by atoms with E-state index in [2.05, 4.69) is 21.2 Å². The molecule has 0 saturated carbocycles. The quantitative estimate of drug-likeness (QED) is 0.410. The molecule has 1 aliphatic heterocycles. The molecule has 0 aromatic heterocycles. The first-order valence-electron chi connectivity index (χ1n) is 8.12. The van der Waals surface area contributed by atoms with Gasteiger partial charge in [-0.05, 0) is 19.4 Å². The highest BCUT2D eigenvalue weighted by atomic mass is 79.9. The number of rotatable bonds is 6. The Labute approximate surface area is 164 Å². The zero-order valence-electron chi connectivity index (χ0n) is 14.5. The number of anilines is 1. The number of nitrogens with one attached hydrogen (secondary N) is 1. The minimum absolute atomic E-state index is 0.0982. The Morgan fingerprint density at radius 3 is 2.77 bits per heavy atom. The first kappa shape index (κ1) is 20.4. The molecular formula is C16H20BrClN4O4. The fraction of sp³-hybridized carbons (Fsp3) is 0.500. The molecule has 26 heavy (non-hydrogen) atoms. The number of amides is 2. The van der Waals surface area contributed by atoms with Crippen molar-refractivity contribution < 1.29 is 14.5 Å². The van der Waals surface area contributed by atoms with Crippen LogP contribution in [0.4, 0.5) is 11.4 Å². The molecule has 1 atom stereocenters. The Hall–Kier alpha value is -1.87. The molecule has 1 aliphatic rings. The van der Waals surface area contributed by atoms with Gasteiger partial charge in [0.25, 0.3) is 11.6 Å². The molecule has 0 spiro atoms. The number of likely N-dealkylation sites (N-methyl/N-ethyl adjacent to an activating group) is 1. The second-order valence-electron chi connectivity index (χ2n) is 5.96. The van der Waals surface area contributed by atoms with E-state index in [1.54, 1.807) is 29.8 Å². The van der Waals surface area contributed by atoms with Crippen LogP contribution >= 0.6 is 27.5 Å². The summed E-state index contributed by atoms with van der Waals surface area (Å²) in [6, 6.07) is 2.81. The van der Waals surface area contributed by atoms with Crippen molar-refractivity contribution in [1.29, 1.82) is 0 Å². The summed E-state index contributed by atoms with van der Waals surface area (Å²) in [5, 5.41) is 14.3. The van der Waals surface area contributed by atoms with Crippen LogP contribution in [0.5, 0.6) is 0 Å². The molecule has 1 N–H and O–H groups in total. The summed E-state index contributed by atoms with van der Waals surface area (Å²) in [6.07, 6.45) is 0.640. The van der Waals surface area contributed by atoms with Crippen molar-refractivity contribution in [2.24, 2.45) is 0 Å². The number of hydrogen-bond donors (Lipinski definition) is 1. The van der Waals surface area contributed by atoms with E-state index in [0.29, 0.717) is 30.5 Å². The number of nitro groups is 1. The van der Waals surface area contributed by atoms with E-state index in [1.807, 2.05) is 0 Å². The highest BCUT2D eigenvalue weighted by Crippen LogP contribution is 2.37. The van der Waals surface area contributed by atoms with E-state index in [9.17, 15) is 19.7 Å². The first-order valence-corrected chi connectivity index (χ1v) is 9.45. The number of halogens is 2. The van der Waals surface area contributed by atoms with Crippen LogP contribution in [0.25, 0.3) is 0 Å². The van der Waals surface area contributed by atoms with Gasteiger partial charge in [0, 0.05) is 43.3 Å². The van der Waals surface area contributed by atoms with Gasteiger partial charge in [0.1, 0.15) is 11.6 Å². The lowest BCUT2D eigenvalue weighted by atomic mass is 10.1. The third-order valence-corrected chi connectivity index (χ3v) is 5.05. The van der Waals surface area contributed by atoms with Gasteiger partial charge in [0.15, 0.2) is 0 Å². The molecule has 0 aliphatic carbocycles. The van der Waals surface area contributed by atoms with Crippen molar-refractivity contribution in [3.63, 3.8) is 0 Å². The molecule has 1 fully saturated rings. The lowest BCUT2D eigenvalue weighted by Crippen LogP contribution is -2.38. The Morgan fingerprint density at radius 2 is 2.19 bits per heavy atom. The monoisotopic (exact) mass is 446 g/mol. The van der Waals surface area contributed by atoms with Crippen LogP contribution in [0.1, 0.15) is 23.7 Å². The smallest absolute Gasteiger partial charge is 0.294 e. The van der Waals surface area contributed by atoms with Crippen LogP contribution in [-0.2, 0) is 4.79 Å². The van der Waals surface area contributed by atoms with Gasteiger partial charge in [-0.25, -0.2) is 0 Å². The number of likely N-dealkylation sites (tertiary alicyclic amines) is 1. The Morgan fingerprint density at radius 1 is 1.50 bits per heavy atom. The third kappa shape index (κ3) is 4.27. The van der Waals surface area contributed by atoms with Crippen LogP contribution in [-0.4, -0.2) is 60.2 Å². The van der Waals surface area contributed by atoms with Crippen LogP contribution in [0.15, 0.2) is 16.6 Å². The molecule has 1 heterocycles. The fourth-order valence-electron chi connectivity index (χ4n) is 3.08. The van der Waals surface area contributed by atoms with Gasteiger partial charge < -0.3 is 15.1 Å². The number of carbonyl (C=O) groups excluding carboxylic acids is 2. The summed E-state index contributed by atoms with van der Waals surface area (Å²) in [5.74, 6) is -0.652. The molecule has 10 heteroatoms. The van der Waals surface area contributed by atoms with Gasteiger partial charge in [0.2, 0.25) is 5.91 Å². The molecule has 1 aromatic carbocycles. The molecule has 2 amide bonds. The van der Waals surface area contributed by atoms with Gasteiger partial charge in [-0.2, -0.15) is 0 Å². The molecule has 2 rings (SSSR count). The number of nitro benzene ring substituents is 1. The summed E-state index contributed by atoms with van der Waals surface area (Å²) in [6.45, 7) is 3.12. The van der Waals surface area contributed by atoms with Crippen LogP contribution in [0, 0.1) is 10.1 Å². The molecule has 1 saturated heterocycles. The minimum Gasteiger partial charge on any atom is -0.364 e. The van der Waals surface area contributed by atoms with E-state index < -0.39 is 4.92 Å². The second-order valence-corrected chi connectivity index (χ2v) is 7.15. The zero-order valence-corrected chi connectivity index (χ0v) is 16.8. The predicted molar refractivity (Wildman–Crippen MR) is 103 cm³/mol. The van der Waals surface area contributed by atoms with Gasteiger partial charge in [-0.3, -0.25) is 19.7 Å². The maximum Gasteiger partial charge on any atom is 0.294 e. The summed E-state index contributed by atoms with van der Waals surface area (Å²) in [7, 11) is 1.71. The number of hydrogen-bond acceptors (Lipinski definition) is 5. The minimum atomic E-state index is -0.504. The number of alkyl halides is 1. The molecule has 8 nitrogen and oxygen atoms in total. The number of benzene rings is 1. The van der Waals surface area contributed by atoms with Gasteiger partial charge in [-0.15, -0.1) is 11.6 Å². The highest BCUT2D eigenvalue weighted by Gasteiger charge is 2.34. The molecular weight excluding hydrogens is 428 g/mol. The summed E-state index contributed by atoms with van der Waals surface area (Å²) in [5.41, 5.74) is 0.303. The standard InChI is InChI=1S/C16H20BrClN4O4/c1-3-19-16(24)12-6-10(17)7-13(22(25)26)15(12)20(2)11-4-5-21(9-11)14(23)8-18/h6-7,11H,3-5,8-9H2,1-2H3,(H,19,24). The van der Waals surface area contributed by atoms with Gasteiger partial charge in [-0.1, -0.05) is 15.9 Å². The van der Waals surface area contributed by atoms with E-state index >= 15 is 0 Å². The Balaban J connectivity index is 2.44. The normalized spacial score (nSPS) is 16.5. The average molecular weight is 448 g/mol. The predicted octanol–water partition coefficient (Wildman–Crippen LogP) is 2.38. The van der Waals surface area contributed by atoms with E-state index in [4.69, 9.17) is 11.6 Å². The van der Waals surface area contributed by atoms with Crippen LogP contribution in [0.2, 0.25) is 0 Å². The van der Waals surface area contributed by atoms with Crippen molar-refractivity contribution in [3.05, 3.63) is 32.3 Å². The molecule has 0 radical (unpaired) electrons. The van der Waals surface area contributed by atoms with Crippen molar-refractivity contribution in [2.75, 3.05) is 37.5 Å². The summed E-state index contributed by atoms with van der Waals surface area (Å²) < 4.78 is 0.452. The lowest BCUT2D eigenvalue weighted by Gasteiger charge is -2.28. The molecule has 0 bridgehead atoms. The second kappa shape index (κ2) is 8.68. The SMILES string of the molecule is CCNC(=O)c1cc(Br)cc([N+](=O)[O-])c1N(C)C1CCN(C(=O)CCl)C1. The van der Waals surface area contributed by atoms with Gasteiger partial charge >= 0.3 is 0 Å². The average Bonchev–Trinajstić information content (AvgIpc) is 3.10. The van der Waals surface area contributed by atoms with Crippen molar-refractivity contribution in [3.8, 4) is 0 Å². The molecule has 142 valence electrons. The van der Waals surface area contributed by atoms with Crippen LogP contribution < -0.4 is 10.2 Å². The van der Waals surface area contributed by atoms with Crippen molar-refractivity contribution in [2.45, 2.75) is 19.4 Å². The zero-order chi connectivity index (χ0) is 19.4. The van der Waals surface area contributed by atoms with Crippen molar-refractivity contribution in [1.82, 2.24) is 10.2 Å². The Kier molecular flexibility index (Phi) is 6.82. The first-order chi connectivity index (χ1) is 12.3. The van der Waals surface area contributed by atoms with E-state index in [0.717, 1.165) is 0 Å². The molecule has 1 aromatic rings. The van der Waals surface area contributed by atoms with Crippen molar-refractivity contribution >= 4 is 50.7 Å². The fourth-order valence-corrected chi connectivity index (χ4v) is 3.69.